The van der Waals surface area contributed by atoms with E-state index in [-0.39, 0.29) is 16.7 Å². The molecule has 1 atom stereocenters. The Morgan fingerprint density at radius 1 is 0.964 bits per heavy atom. The Bertz CT molecular complexity index is 1170. The smallest absolute Gasteiger partial charge is 0.270 e. The number of non-ortho nitro benzene ring substituents is 1. The molecule has 0 fully saturated rings. The van der Waals surface area contributed by atoms with Gasteiger partial charge in [0.25, 0.3) is 5.69 Å². The number of aromatic amines is 1. The van der Waals surface area contributed by atoms with Crippen molar-refractivity contribution in [2.24, 2.45) is 0 Å². The van der Waals surface area contributed by atoms with Crippen LogP contribution in [0.25, 0.3) is 10.9 Å². The number of nitro groups is 1. The molecule has 1 aliphatic rings. The number of aromatic nitrogens is 1. The molecule has 1 aliphatic heterocycles. The van der Waals surface area contributed by atoms with Crippen LogP contribution in [-0.4, -0.2) is 16.5 Å². The molecule has 0 saturated heterocycles. The number of nitro benzene ring substituents is 1. The van der Waals surface area contributed by atoms with Crippen LogP contribution in [0.1, 0.15) is 22.7 Å². The van der Waals surface area contributed by atoms with Crippen LogP contribution >= 0.6 is 0 Å². The van der Waals surface area contributed by atoms with Crippen LogP contribution in [0.4, 0.5) is 11.4 Å². The summed E-state index contributed by atoms with van der Waals surface area (Å²) >= 11 is 0. The van der Waals surface area contributed by atoms with E-state index in [1.807, 2.05) is 24.4 Å². The summed E-state index contributed by atoms with van der Waals surface area (Å²) in [5.41, 5.74) is 5.83. The van der Waals surface area contributed by atoms with E-state index in [1.54, 1.807) is 18.2 Å². The average molecular weight is 369 g/mol. The molecule has 0 amide bonds. The molecule has 5 rings (SSSR count). The first-order valence-corrected chi connectivity index (χ1v) is 9.37. The largest absolute Gasteiger partial charge is 0.361 e. The van der Waals surface area contributed by atoms with Crippen molar-refractivity contribution in [3.05, 3.63) is 106 Å². The Morgan fingerprint density at radius 2 is 1.75 bits per heavy atom. The van der Waals surface area contributed by atoms with E-state index in [0.717, 1.165) is 35.1 Å². The molecule has 5 nitrogen and oxygen atoms in total. The molecule has 3 aromatic carbocycles. The molecular formula is C23H19N3O2. The summed E-state index contributed by atoms with van der Waals surface area (Å²) < 4.78 is 0. The number of hydrogen-bond acceptors (Lipinski definition) is 3. The highest BCUT2D eigenvalue weighted by atomic mass is 16.6. The predicted molar refractivity (Wildman–Crippen MR) is 111 cm³/mol. The minimum Gasteiger partial charge on any atom is -0.361 e. The molecule has 0 radical (unpaired) electrons. The van der Waals surface area contributed by atoms with Gasteiger partial charge < -0.3 is 9.88 Å². The summed E-state index contributed by atoms with van der Waals surface area (Å²) in [7, 11) is 0. The van der Waals surface area contributed by atoms with Gasteiger partial charge in [0.05, 0.1) is 11.0 Å². The molecule has 0 saturated carbocycles. The summed E-state index contributed by atoms with van der Waals surface area (Å²) in [5, 5.41) is 12.2. The first kappa shape index (κ1) is 16.6. The number of anilines is 1. The Labute approximate surface area is 162 Å². The van der Waals surface area contributed by atoms with Crippen LogP contribution in [-0.2, 0) is 6.42 Å². The topological polar surface area (TPSA) is 62.2 Å². The molecule has 138 valence electrons. The number of H-pyrrole nitrogens is 1. The third kappa shape index (κ3) is 2.63. The highest BCUT2D eigenvalue weighted by Gasteiger charge is 2.31. The molecule has 0 aliphatic carbocycles. The molecule has 1 aromatic heterocycles. The first-order valence-electron chi connectivity index (χ1n) is 9.37. The quantitative estimate of drug-likeness (QED) is 0.397. The van der Waals surface area contributed by atoms with Gasteiger partial charge in [-0.25, -0.2) is 0 Å². The van der Waals surface area contributed by atoms with E-state index in [4.69, 9.17) is 0 Å². The Morgan fingerprint density at radius 3 is 2.57 bits per heavy atom. The van der Waals surface area contributed by atoms with Gasteiger partial charge >= 0.3 is 0 Å². The van der Waals surface area contributed by atoms with Gasteiger partial charge in [-0.15, -0.1) is 0 Å². The molecule has 1 N–H and O–H groups in total. The van der Waals surface area contributed by atoms with Gasteiger partial charge in [0, 0.05) is 47.0 Å². The Balaban J connectivity index is 1.73. The van der Waals surface area contributed by atoms with Crippen LogP contribution in [0, 0.1) is 10.1 Å². The van der Waals surface area contributed by atoms with Crippen LogP contribution < -0.4 is 4.90 Å². The zero-order valence-electron chi connectivity index (χ0n) is 15.2. The second-order valence-corrected chi connectivity index (χ2v) is 7.11. The van der Waals surface area contributed by atoms with Crippen molar-refractivity contribution in [1.82, 2.24) is 4.98 Å². The van der Waals surface area contributed by atoms with E-state index in [0.29, 0.717) is 0 Å². The summed E-state index contributed by atoms with van der Waals surface area (Å²) in [6.45, 7) is 0.896. The van der Waals surface area contributed by atoms with Gasteiger partial charge in [0.2, 0.25) is 0 Å². The predicted octanol–water partition coefficient (Wildman–Crippen LogP) is 5.23. The van der Waals surface area contributed by atoms with E-state index in [9.17, 15) is 10.1 Å². The summed E-state index contributed by atoms with van der Waals surface area (Å²) in [6, 6.07) is 23.9. The minimum atomic E-state index is -0.333. The highest BCUT2D eigenvalue weighted by molar-refractivity contribution is 5.87. The maximum absolute atomic E-state index is 11.3. The van der Waals surface area contributed by atoms with Gasteiger partial charge in [0.15, 0.2) is 0 Å². The number of para-hydroxylation sites is 1. The van der Waals surface area contributed by atoms with Crippen molar-refractivity contribution in [2.45, 2.75) is 12.5 Å². The normalized spacial score (nSPS) is 16.1. The number of hydrogen-bond donors (Lipinski definition) is 1. The molecule has 5 heteroatoms. The van der Waals surface area contributed by atoms with E-state index in [1.165, 1.54) is 11.1 Å². The number of nitrogens with one attached hydrogen (secondary N) is 1. The molecule has 4 aromatic rings. The van der Waals surface area contributed by atoms with Crippen molar-refractivity contribution in [1.29, 1.82) is 0 Å². The van der Waals surface area contributed by atoms with Crippen molar-refractivity contribution < 1.29 is 4.92 Å². The van der Waals surface area contributed by atoms with Gasteiger partial charge in [-0.2, -0.15) is 0 Å². The second-order valence-electron chi connectivity index (χ2n) is 7.11. The van der Waals surface area contributed by atoms with E-state index >= 15 is 0 Å². The minimum absolute atomic E-state index is 0.00287. The maximum atomic E-state index is 11.3. The van der Waals surface area contributed by atoms with Crippen molar-refractivity contribution in [3.63, 3.8) is 0 Å². The van der Waals surface area contributed by atoms with Crippen molar-refractivity contribution >= 4 is 22.3 Å². The second kappa shape index (κ2) is 6.53. The van der Waals surface area contributed by atoms with Crippen molar-refractivity contribution in [3.8, 4) is 0 Å². The molecule has 0 spiro atoms. The zero-order valence-corrected chi connectivity index (χ0v) is 15.2. The summed E-state index contributed by atoms with van der Waals surface area (Å²) in [6.07, 6.45) is 2.97. The third-order valence-electron chi connectivity index (χ3n) is 5.57. The monoisotopic (exact) mass is 369 g/mol. The molecule has 0 bridgehead atoms. The van der Waals surface area contributed by atoms with Crippen LogP contribution in [0.3, 0.4) is 0 Å². The first-order chi connectivity index (χ1) is 13.7. The standard InChI is InChI=1S/C23H19N3O2/c27-26(28)18-10-11-22-20(14-18)21(15-24-22)23-19-9-5-4-6-16(19)12-13-25(23)17-7-2-1-3-8-17/h1-11,14-15,23-24H,12-13H2. The van der Waals surface area contributed by atoms with Gasteiger partial charge in [0.1, 0.15) is 0 Å². The maximum Gasteiger partial charge on any atom is 0.270 e. The number of nitrogens with zero attached hydrogens (tertiary/aromatic N) is 2. The fraction of sp³-hybridized carbons (Fsp3) is 0.130. The average Bonchev–Trinajstić information content (AvgIpc) is 3.16. The molecule has 1 unspecified atom stereocenters. The fourth-order valence-electron chi connectivity index (χ4n) is 4.27. The van der Waals surface area contributed by atoms with Crippen LogP contribution in [0.2, 0.25) is 0 Å². The van der Waals surface area contributed by atoms with Gasteiger partial charge in [-0.3, -0.25) is 10.1 Å². The Kier molecular flexibility index (Phi) is 3.86. The number of fused-ring (bicyclic) bond motifs is 2. The Hall–Kier alpha value is -3.60. The summed E-state index contributed by atoms with van der Waals surface area (Å²) in [5.74, 6) is 0. The van der Waals surface area contributed by atoms with E-state index < -0.39 is 0 Å². The van der Waals surface area contributed by atoms with E-state index in [2.05, 4.69) is 46.3 Å². The fourth-order valence-corrected chi connectivity index (χ4v) is 4.27. The summed E-state index contributed by atoms with van der Waals surface area (Å²) in [4.78, 5) is 16.7. The lowest BCUT2D eigenvalue weighted by atomic mass is 9.87. The number of rotatable bonds is 3. The lowest BCUT2D eigenvalue weighted by Gasteiger charge is -2.39. The van der Waals surface area contributed by atoms with Gasteiger partial charge in [-0.05, 0) is 35.7 Å². The highest BCUT2D eigenvalue weighted by Crippen LogP contribution is 2.41. The molecule has 28 heavy (non-hydrogen) atoms. The lowest BCUT2D eigenvalue weighted by Crippen LogP contribution is -2.36. The van der Waals surface area contributed by atoms with Crippen LogP contribution in [0.15, 0.2) is 79.0 Å². The zero-order chi connectivity index (χ0) is 19.1. The lowest BCUT2D eigenvalue weighted by molar-refractivity contribution is -0.384. The van der Waals surface area contributed by atoms with Crippen molar-refractivity contribution in [2.75, 3.05) is 11.4 Å². The molecular weight excluding hydrogens is 350 g/mol. The van der Waals surface area contributed by atoms with Gasteiger partial charge in [-0.1, -0.05) is 42.5 Å². The third-order valence-corrected chi connectivity index (χ3v) is 5.57. The molecule has 2 heterocycles. The van der Waals surface area contributed by atoms with Crippen LogP contribution in [0.5, 0.6) is 0 Å². The SMILES string of the molecule is O=[N+]([O-])c1ccc2[nH]cc(C3c4ccccc4CCN3c3ccccc3)c2c1. The number of benzene rings is 3.